The van der Waals surface area contributed by atoms with E-state index in [2.05, 4.69) is 4.98 Å². The maximum absolute atomic E-state index is 13.8. The monoisotopic (exact) mass is 591 g/mol. The number of nitrogens with two attached hydrogens (primary N) is 2. The number of aryl methyl sites for hydroxylation is 1. The van der Waals surface area contributed by atoms with E-state index in [9.17, 15) is 14.1 Å². The lowest BCUT2D eigenvalue weighted by atomic mass is 9.84. The van der Waals surface area contributed by atoms with E-state index in [1.807, 2.05) is 48.5 Å². The first-order valence-electron chi connectivity index (χ1n) is 14.2. The van der Waals surface area contributed by atoms with Gasteiger partial charge in [0.05, 0.1) is 37.6 Å². The predicted molar refractivity (Wildman–Crippen MR) is 160 cm³/mol. The van der Waals surface area contributed by atoms with E-state index >= 15 is 0 Å². The fraction of sp³-hybridized carbons (Fsp3) is 0.419. The van der Waals surface area contributed by atoms with Gasteiger partial charge in [0.25, 0.3) is 0 Å². The average molecular weight is 592 g/mol. The summed E-state index contributed by atoms with van der Waals surface area (Å²) in [5.74, 6) is 5.98. The summed E-state index contributed by atoms with van der Waals surface area (Å²) in [6.07, 6.45) is 3.89. The predicted octanol–water partition coefficient (Wildman–Crippen LogP) is 3.66. The van der Waals surface area contributed by atoms with E-state index in [-0.39, 0.29) is 6.42 Å². The molecule has 1 saturated heterocycles. The van der Waals surface area contributed by atoms with E-state index in [1.165, 1.54) is 12.8 Å². The highest BCUT2D eigenvalue weighted by molar-refractivity contribution is 7.82. The molecule has 2 aromatic carbocycles. The molecular weight excluding hydrogens is 554 g/mol. The smallest absolute Gasteiger partial charge is 0.304 e. The Morgan fingerprint density at radius 3 is 2.71 bits per heavy atom. The van der Waals surface area contributed by atoms with E-state index in [4.69, 9.17) is 21.1 Å². The molecular formula is C31H37N5O5S. The van der Waals surface area contributed by atoms with Crippen LogP contribution in [-0.2, 0) is 27.1 Å². The van der Waals surface area contributed by atoms with Crippen molar-refractivity contribution in [3.63, 3.8) is 0 Å². The zero-order chi connectivity index (χ0) is 29.6. The summed E-state index contributed by atoms with van der Waals surface area (Å²) >= 11 is 0. The highest BCUT2D eigenvalue weighted by Crippen LogP contribution is 2.39. The third-order valence-electron chi connectivity index (χ3n) is 8.54. The van der Waals surface area contributed by atoms with Crippen molar-refractivity contribution in [2.75, 3.05) is 37.0 Å². The molecule has 1 spiro atoms. The number of nitrogens with zero attached hydrogens (tertiary/aromatic N) is 3. The summed E-state index contributed by atoms with van der Waals surface area (Å²) in [5.41, 5.74) is 11.8. The second-order valence-corrected chi connectivity index (χ2v) is 13.2. The number of nitrogen functional groups attached to an aromatic ring is 1. The first kappa shape index (κ1) is 28.6. The molecule has 1 aromatic heterocycles. The Morgan fingerprint density at radius 2 is 2.02 bits per heavy atom. The van der Waals surface area contributed by atoms with Crippen LogP contribution in [0.2, 0.25) is 0 Å². The van der Waals surface area contributed by atoms with Crippen LogP contribution in [0.5, 0.6) is 5.88 Å². The number of benzene rings is 2. The number of fused-ring (bicyclic) bond motifs is 1. The summed E-state index contributed by atoms with van der Waals surface area (Å²) in [4.78, 5) is 17.0. The number of anilines is 2. The molecule has 6 rings (SSSR count). The molecule has 222 valence electrons. The standard InChI is InChI=1S/C31H37N5O5S/c1-19-5-8-22(25(13-28(37)38)24-9-10-26(29(32)20(24)2)36(33)14-21-6-7-21)12-23(19)15-35-16-31(17-40-18-31)41-30-27(42(35)39)4-3-11-34-30/h3-5,8-12,21,25H,6-7,13-18,32-33H2,1-2H3,(H,37,38). The van der Waals surface area contributed by atoms with Crippen molar-refractivity contribution in [2.24, 2.45) is 11.8 Å². The number of rotatable bonds is 9. The molecule has 11 heteroatoms. The molecule has 2 aliphatic heterocycles. The Balaban J connectivity index is 1.33. The lowest BCUT2D eigenvalue weighted by Gasteiger charge is -2.41. The second-order valence-electron chi connectivity index (χ2n) is 11.8. The number of aromatic nitrogens is 1. The van der Waals surface area contributed by atoms with Crippen molar-refractivity contribution in [2.45, 2.75) is 56.1 Å². The molecule has 1 aliphatic carbocycles. The maximum atomic E-state index is 13.8. The van der Waals surface area contributed by atoms with Crippen molar-refractivity contribution in [1.29, 1.82) is 0 Å². The van der Waals surface area contributed by atoms with Crippen LogP contribution in [0.1, 0.15) is 53.0 Å². The minimum absolute atomic E-state index is 0.0977. The molecule has 3 aliphatic rings. The third kappa shape index (κ3) is 5.61. The highest BCUT2D eigenvalue weighted by atomic mass is 32.2. The van der Waals surface area contributed by atoms with Gasteiger partial charge < -0.3 is 25.3 Å². The minimum atomic E-state index is -1.51. The highest BCUT2D eigenvalue weighted by Gasteiger charge is 2.47. The van der Waals surface area contributed by atoms with Crippen molar-refractivity contribution in [3.05, 3.63) is 76.5 Å². The van der Waals surface area contributed by atoms with Gasteiger partial charge in [-0.15, -0.1) is 0 Å². The molecule has 0 bridgehead atoms. The Hall–Kier alpha value is -3.51. The fourth-order valence-electron chi connectivity index (χ4n) is 5.82. The van der Waals surface area contributed by atoms with Gasteiger partial charge in [-0.2, -0.15) is 0 Å². The van der Waals surface area contributed by atoms with Gasteiger partial charge in [0, 0.05) is 25.2 Å². The lowest BCUT2D eigenvalue weighted by Crippen LogP contribution is -2.60. The van der Waals surface area contributed by atoms with Crippen LogP contribution in [0.15, 0.2) is 53.6 Å². The van der Waals surface area contributed by atoms with Gasteiger partial charge in [-0.05, 0) is 78.6 Å². The largest absolute Gasteiger partial charge is 0.481 e. The Morgan fingerprint density at radius 1 is 1.24 bits per heavy atom. The van der Waals surface area contributed by atoms with Crippen LogP contribution in [0.25, 0.3) is 0 Å². The lowest BCUT2D eigenvalue weighted by molar-refractivity contribution is -0.166. The van der Waals surface area contributed by atoms with Gasteiger partial charge in [-0.25, -0.2) is 19.3 Å². The topological polar surface area (TPSA) is 144 Å². The maximum Gasteiger partial charge on any atom is 0.304 e. The molecule has 1 saturated carbocycles. The molecule has 5 N–H and O–H groups in total. The quantitative estimate of drug-likeness (QED) is 0.193. The molecule has 2 unspecified atom stereocenters. The van der Waals surface area contributed by atoms with E-state index in [0.29, 0.717) is 48.7 Å². The van der Waals surface area contributed by atoms with Crippen LogP contribution in [0.3, 0.4) is 0 Å². The third-order valence-corrected chi connectivity index (χ3v) is 9.95. The molecule has 2 atom stereocenters. The molecule has 3 heterocycles. The van der Waals surface area contributed by atoms with E-state index in [1.54, 1.807) is 23.3 Å². The van der Waals surface area contributed by atoms with Crippen molar-refractivity contribution < 1.29 is 23.6 Å². The Bertz CT molecular complexity index is 1540. The number of pyridine rings is 1. The first-order valence-corrected chi connectivity index (χ1v) is 15.4. The average Bonchev–Trinajstić information content (AvgIpc) is 3.77. The Labute approximate surface area is 248 Å². The number of aliphatic carboxylic acids is 1. The van der Waals surface area contributed by atoms with Crippen molar-refractivity contribution in [3.8, 4) is 5.88 Å². The number of carboxylic acids is 1. The molecule has 0 radical (unpaired) electrons. The van der Waals surface area contributed by atoms with Gasteiger partial charge >= 0.3 is 5.97 Å². The normalized spacial score (nSPS) is 20.2. The molecule has 0 amide bonds. The zero-order valence-electron chi connectivity index (χ0n) is 23.9. The first-order chi connectivity index (χ1) is 20.1. The summed E-state index contributed by atoms with van der Waals surface area (Å²) in [6.45, 7) is 6.27. The summed E-state index contributed by atoms with van der Waals surface area (Å²) in [6, 6.07) is 13.4. The summed E-state index contributed by atoms with van der Waals surface area (Å²) < 4.78 is 27.4. The summed E-state index contributed by atoms with van der Waals surface area (Å²) in [7, 11) is -1.51. The van der Waals surface area contributed by atoms with Gasteiger partial charge in [0.15, 0.2) is 5.60 Å². The van der Waals surface area contributed by atoms with E-state index in [0.717, 1.165) is 40.0 Å². The van der Waals surface area contributed by atoms with Crippen LogP contribution < -0.4 is 21.3 Å². The van der Waals surface area contributed by atoms with Crippen LogP contribution in [0.4, 0.5) is 11.4 Å². The number of ether oxygens (including phenoxy) is 2. The van der Waals surface area contributed by atoms with Crippen LogP contribution in [-0.4, -0.2) is 56.5 Å². The SMILES string of the molecule is Cc1ccc(C(CC(=O)O)c2ccc(N(N)CC3CC3)c(N)c2C)cc1CN1CC2(COC2)Oc2ncccc2S1=O. The molecule has 42 heavy (non-hydrogen) atoms. The zero-order valence-corrected chi connectivity index (χ0v) is 24.7. The summed E-state index contributed by atoms with van der Waals surface area (Å²) in [5, 5.41) is 11.6. The molecule has 2 fully saturated rings. The second kappa shape index (κ2) is 11.3. The number of carboxylic acid groups (broad SMARTS) is 1. The van der Waals surface area contributed by atoms with Gasteiger partial charge in [0.1, 0.15) is 15.9 Å². The van der Waals surface area contributed by atoms with Gasteiger partial charge in [0.2, 0.25) is 5.88 Å². The van der Waals surface area contributed by atoms with E-state index < -0.39 is 28.5 Å². The molecule has 10 nitrogen and oxygen atoms in total. The number of hydrazine groups is 1. The van der Waals surface area contributed by atoms with Gasteiger partial charge in [-0.1, -0.05) is 24.3 Å². The van der Waals surface area contributed by atoms with Crippen molar-refractivity contribution >= 4 is 28.3 Å². The Kier molecular flexibility index (Phi) is 7.69. The van der Waals surface area contributed by atoms with Crippen molar-refractivity contribution in [1.82, 2.24) is 9.29 Å². The minimum Gasteiger partial charge on any atom is -0.481 e. The fourth-order valence-corrected chi connectivity index (χ4v) is 7.15. The van der Waals surface area contributed by atoms with Gasteiger partial charge in [-0.3, -0.25) is 4.79 Å². The van der Waals surface area contributed by atoms with Crippen LogP contribution >= 0.6 is 0 Å². The number of hydrogen-bond acceptors (Lipinski definition) is 8. The number of carbonyl (C=O) groups is 1. The molecule has 3 aromatic rings. The number of hydrogen-bond donors (Lipinski definition) is 3. The van der Waals surface area contributed by atoms with Crippen LogP contribution in [0, 0.1) is 19.8 Å².